The molecule has 0 amide bonds. The lowest BCUT2D eigenvalue weighted by Crippen LogP contribution is -2.08. The molecular weight excluding hydrogens is 319 g/mol. The van der Waals surface area contributed by atoms with Gasteiger partial charge in [-0.05, 0) is 35.6 Å². The number of aromatic nitrogens is 1. The van der Waals surface area contributed by atoms with Crippen LogP contribution < -0.4 is 0 Å². The zero-order valence-electron chi connectivity index (χ0n) is 8.05. The standard InChI is InChI=1S/C9H8F2INO2/c1-4-7(8(10)11)5(12)3-6(13-4)9(14)15-2/h3,8H,1-2H3. The third kappa shape index (κ3) is 2.61. The number of halogens is 3. The first-order valence-electron chi connectivity index (χ1n) is 4.01. The predicted octanol–water partition coefficient (Wildman–Crippen LogP) is 2.72. The van der Waals surface area contributed by atoms with Gasteiger partial charge in [-0.1, -0.05) is 0 Å². The molecule has 0 aliphatic heterocycles. The van der Waals surface area contributed by atoms with Gasteiger partial charge in [0.15, 0.2) is 0 Å². The summed E-state index contributed by atoms with van der Waals surface area (Å²) in [7, 11) is 1.22. The molecule has 1 rings (SSSR count). The van der Waals surface area contributed by atoms with Crippen LogP contribution in [0.5, 0.6) is 0 Å². The molecule has 15 heavy (non-hydrogen) atoms. The van der Waals surface area contributed by atoms with Crippen molar-refractivity contribution in [1.29, 1.82) is 0 Å². The van der Waals surface area contributed by atoms with Crippen LogP contribution in [-0.4, -0.2) is 18.1 Å². The minimum absolute atomic E-state index is 0.0452. The molecule has 0 bridgehead atoms. The number of pyridine rings is 1. The molecule has 0 spiro atoms. The molecule has 0 aliphatic rings. The van der Waals surface area contributed by atoms with E-state index < -0.39 is 12.4 Å². The normalized spacial score (nSPS) is 10.5. The van der Waals surface area contributed by atoms with Crippen LogP contribution in [0.3, 0.4) is 0 Å². The average molecular weight is 327 g/mol. The fraction of sp³-hybridized carbons (Fsp3) is 0.333. The molecule has 0 aromatic carbocycles. The average Bonchev–Trinajstić information content (AvgIpc) is 2.14. The minimum Gasteiger partial charge on any atom is -0.464 e. The van der Waals surface area contributed by atoms with E-state index in [0.29, 0.717) is 3.57 Å². The molecule has 0 unspecified atom stereocenters. The number of hydrogen-bond acceptors (Lipinski definition) is 3. The summed E-state index contributed by atoms with van der Waals surface area (Å²) < 4.78 is 29.9. The van der Waals surface area contributed by atoms with Crippen LogP contribution >= 0.6 is 22.6 Å². The maximum atomic E-state index is 12.5. The van der Waals surface area contributed by atoms with Crippen molar-refractivity contribution < 1.29 is 18.3 Å². The number of alkyl halides is 2. The Morgan fingerprint density at radius 2 is 2.20 bits per heavy atom. The second-order valence-corrected chi connectivity index (χ2v) is 3.94. The Balaban J connectivity index is 3.25. The fourth-order valence-corrected chi connectivity index (χ4v) is 2.04. The zero-order chi connectivity index (χ0) is 11.6. The number of nitrogens with zero attached hydrogens (tertiary/aromatic N) is 1. The molecule has 0 saturated heterocycles. The highest BCUT2D eigenvalue weighted by atomic mass is 127. The van der Waals surface area contributed by atoms with Gasteiger partial charge in [-0.15, -0.1) is 0 Å². The van der Waals surface area contributed by atoms with E-state index in [0.717, 1.165) is 0 Å². The Morgan fingerprint density at radius 1 is 1.60 bits per heavy atom. The molecule has 1 aromatic heterocycles. The van der Waals surface area contributed by atoms with E-state index in [-0.39, 0.29) is 17.0 Å². The smallest absolute Gasteiger partial charge is 0.356 e. The van der Waals surface area contributed by atoms with Crippen LogP contribution in [0.15, 0.2) is 6.07 Å². The van der Waals surface area contributed by atoms with Crippen LogP contribution in [0.25, 0.3) is 0 Å². The number of esters is 1. The van der Waals surface area contributed by atoms with E-state index >= 15 is 0 Å². The van der Waals surface area contributed by atoms with Gasteiger partial charge < -0.3 is 4.74 Å². The van der Waals surface area contributed by atoms with Crippen molar-refractivity contribution in [3.05, 3.63) is 26.6 Å². The van der Waals surface area contributed by atoms with Crippen LogP contribution in [0, 0.1) is 10.5 Å². The van der Waals surface area contributed by atoms with Gasteiger partial charge in [0.25, 0.3) is 6.43 Å². The molecule has 0 radical (unpaired) electrons. The van der Waals surface area contributed by atoms with Crippen molar-refractivity contribution in [2.45, 2.75) is 13.3 Å². The van der Waals surface area contributed by atoms with Gasteiger partial charge in [0.05, 0.1) is 12.7 Å². The first kappa shape index (κ1) is 12.3. The quantitative estimate of drug-likeness (QED) is 0.619. The van der Waals surface area contributed by atoms with Gasteiger partial charge in [-0.3, -0.25) is 0 Å². The molecule has 1 heterocycles. The zero-order valence-corrected chi connectivity index (χ0v) is 10.2. The van der Waals surface area contributed by atoms with Crippen LogP contribution in [0.2, 0.25) is 0 Å². The summed E-state index contributed by atoms with van der Waals surface area (Å²) in [6.45, 7) is 1.44. The number of aryl methyl sites for hydroxylation is 1. The molecule has 0 aliphatic carbocycles. The van der Waals surface area contributed by atoms with E-state index in [4.69, 9.17) is 0 Å². The lowest BCUT2D eigenvalue weighted by atomic mass is 10.2. The molecule has 0 N–H and O–H groups in total. The van der Waals surface area contributed by atoms with Crippen molar-refractivity contribution in [1.82, 2.24) is 4.98 Å². The summed E-state index contributed by atoms with van der Waals surface area (Å²) >= 11 is 1.75. The molecular formula is C9H8F2INO2. The highest BCUT2D eigenvalue weighted by molar-refractivity contribution is 14.1. The van der Waals surface area contributed by atoms with Gasteiger partial charge in [0.2, 0.25) is 0 Å². The minimum atomic E-state index is -2.59. The fourth-order valence-electron chi connectivity index (χ4n) is 1.12. The Kier molecular flexibility index (Phi) is 3.95. The summed E-state index contributed by atoms with van der Waals surface area (Å²) in [6, 6.07) is 1.29. The number of rotatable bonds is 2. The molecule has 82 valence electrons. The van der Waals surface area contributed by atoms with Crippen molar-refractivity contribution in [2.24, 2.45) is 0 Å². The summed E-state index contributed by atoms with van der Waals surface area (Å²) in [5, 5.41) is 0. The van der Waals surface area contributed by atoms with Gasteiger partial charge >= 0.3 is 5.97 Å². The Bertz CT molecular complexity index is 373. The van der Waals surface area contributed by atoms with Gasteiger partial charge in [-0.2, -0.15) is 0 Å². The van der Waals surface area contributed by atoms with E-state index in [9.17, 15) is 13.6 Å². The number of carbonyl (C=O) groups excluding carboxylic acids is 1. The third-order valence-corrected chi connectivity index (χ3v) is 2.70. The van der Waals surface area contributed by atoms with Crippen molar-refractivity contribution >= 4 is 28.6 Å². The molecule has 1 aromatic rings. The molecule has 6 heteroatoms. The topological polar surface area (TPSA) is 39.2 Å². The highest BCUT2D eigenvalue weighted by Gasteiger charge is 2.19. The number of methoxy groups -OCH3 is 1. The van der Waals surface area contributed by atoms with E-state index in [2.05, 4.69) is 9.72 Å². The highest BCUT2D eigenvalue weighted by Crippen LogP contribution is 2.27. The monoisotopic (exact) mass is 327 g/mol. The number of carbonyl (C=O) groups is 1. The summed E-state index contributed by atoms with van der Waals surface area (Å²) in [5.41, 5.74) is 0.0596. The van der Waals surface area contributed by atoms with Crippen LogP contribution in [-0.2, 0) is 4.74 Å². The van der Waals surface area contributed by atoms with Crippen molar-refractivity contribution in [3.63, 3.8) is 0 Å². The van der Waals surface area contributed by atoms with E-state index in [1.54, 1.807) is 22.6 Å². The van der Waals surface area contributed by atoms with Gasteiger partial charge in [-0.25, -0.2) is 18.6 Å². The molecule has 0 saturated carbocycles. The van der Waals surface area contributed by atoms with E-state index in [1.807, 2.05) is 0 Å². The Morgan fingerprint density at radius 3 is 2.60 bits per heavy atom. The summed E-state index contributed by atoms with van der Waals surface area (Å²) in [4.78, 5) is 14.9. The van der Waals surface area contributed by atoms with Crippen LogP contribution in [0.4, 0.5) is 8.78 Å². The lowest BCUT2D eigenvalue weighted by Gasteiger charge is -2.08. The summed E-state index contributed by atoms with van der Waals surface area (Å²) in [6.07, 6.45) is -2.59. The maximum absolute atomic E-state index is 12.5. The number of hydrogen-bond donors (Lipinski definition) is 0. The van der Waals surface area contributed by atoms with Crippen molar-refractivity contribution in [3.8, 4) is 0 Å². The van der Waals surface area contributed by atoms with E-state index in [1.165, 1.54) is 20.1 Å². The molecule has 0 fully saturated rings. The second kappa shape index (κ2) is 4.82. The Hall–Kier alpha value is -0.790. The van der Waals surface area contributed by atoms with Gasteiger partial charge in [0.1, 0.15) is 5.69 Å². The first-order chi connectivity index (χ1) is 6.97. The molecule has 3 nitrogen and oxygen atoms in total. The lowest BCUT2D eigenvalue weighted by molar-refractivity contribution is 0.0593. The molecule has 0 atom stereocenters. The largest absolute Gasteiger partial charge is 0.464 e. The van der Waals surface area contributed by atoms with Gasteiger partial charge in [0, 0.05) is 9.26 Å². The first-order valence-corrected chi connectivity index (χ1v) is 5.08. The number of ether oxygens (including phenoxy) is 1. The van der Waals surface area contributed by atoms with Crippen molar-refractivity contribution in [2.75, 3.05) is 7.11 Å². The predicted molar refractivity (Wildman–Crippen MR) is 58.0 cm³/mol. The second-order valence-electron chi connectivity index (χ2n) is 2.78. The van der Waals surface area contributed by atoms with Crippen LogP contribution in [0.1, 0.15) is 28.2 Å². The summed E-state index contributed by atoms with van der Waals surface area (Å²) in [5.74, 6) is -0.628. The SMILES string of the molecule is COC(=O)c1cc(I)c(C(F)F)c(C)n1. The third-order valence-electron chi connectivity index (χ3n) is 1.81. The maximum Gasteiger partial charge on any atom is 0.356 e. The Labute approximate surface area is 99.0 Å².